The van der Waals surface area contributed by atoms with Gasteiger partial charge in [0, 0.05) is 6.42 Å². The van der Waals surface area contributed by atoms with Crippen molar-refractivity contribution in [3.63, 3.8) is 0 Å². The van der Waals surface area contributed by atoms with E-state index in [0.717, 1.165) is 6.07 Å². The molecule has 0 atom stereocenters. The van der Waals surface area contributed by atoms with E-state index < -0.39 is 11.7 Å². The summed E-state index contributed by atoms with van der Waals surface area (Å²) in [7, 11) is 0. The van der Waals surface area contributed by atoms with E-state index in [0.29, 0.717) is 11.8 Å². The van der Waals surface area contributed by atoms with Crippen molar-refractivity contribution in [3.8, 4) is 5.75 Å². The second kappa shape index (κ2) is 5.01. The Morgan fingerprint density at radius 1 is 1.38 bits per heavy atom. The van der Waals surface area contributed by atoms with Gasteiger partial charge in [-0.05, 0) is 24.6 Å². The van der Waals surface area contributed by atoms with Crippen molar-refractivity contribution in [1.82, 2.24) is 0 Å². The van der Waals surface area contributed by atoms with Crippen LogP contribution in [0.5, 0.6) is 5.75 Å². The van der Waals surface area contributed by atoms with Gasteiger partial charge in [0.1, 0.15) is 12.0 Å². The predicted octanol–water partition coefficient (Wildman–Crippen LogP) is 2.85. The number of alkyl halides is 3. The second-order valence-corrected chi connectivity index (χ2v) is 3.13. The highest BCUT2D eigenvalue weighted by Crippen LogP contribution is 2.36. The number of benzene rings is 1. The second-order valence-electron chi connectivity index (χ2n) is 3.13. The van der Waals surface area contributed by atoms with Crippen LogP contribution in [0, 0.1) is 0 Å². The lowest BCUT2D eigenvalue weighted by molar-refractivity contribution is -0.138. The Kier molecular flexibility index (Phi) is 3.93. The predicted molar refractivity (Wildman–Crippen MR) is 52.4 cm³/mol. The Morgan fingerprint density at radius 3 is 2.56 bits per heavy atom. The van der Waals surface area contributed by atoms with Gasteiger partial charge >= 0.3 is 6.18 Å². The van der Waals surface area contributed by atoms with Crippen LogP contribution >= 0.6 is 0 Å². The summed E-state index contributed by atoms with van der Waals surface area (Å²) in [4.78, 5) is 10.3. The van der Waals surface area contributed by atoms with Crippen LogP contribution in [0.2, 0.25) is 0 Å². The van der Waals surface area contributed by atoms with Gasteiger partial charge < -0.3 is 9.53 Å². The number of carbonyl (C=O) groups is 1. The minimum absolute atomic E-state index is 0.0816. The van der Waals surface area contributed by atoms with Crippen LogP contribution in [-0.2, 0) is 17.4 Å². The first-order valence-corrected chi connectivity index (χ1v) is 4.75. The molecule has 88 valence electrons. The zero-order valence-electron chi connectivity index (χ0n) is 8.67. The van der Waals surface area contributed by atoms with Gasteiger partial charge in [-0.15, -0.1) is 0 Å². The van der Waals surface area contributed by atoms with Crippen molar-refractivity contribution in [2.75, 3.05) is 6.61 Å². The van der Waals surface area contributed by atoms with Crippen LogP contribution < -0.4 is 4.74 Å². The Bertz CT molecular complexity index is 372. The molecular weight excluding hydrogens is 221 g/mol. The van der Waals surface area contributed by atoms with Gasteiger partial charge in [-0.25, -0.2) is 0 Å². The van der Waals surface area contributed by atoms with E-state index in [2.05, 4.69) is 0 Å². The first-order chi connectivity index (χ1) is 7.49. The van der Waals surface area contributed by atoms with Gasteiger partial charge in [-0.1, -0.05) is 6.07 Å². The maximum atomic E-state index is 12.5. The lowest BCUT2D eigenvalue weighted by Gasteiger charge is -2.13. The van der Waals surface area contributed by atoms with Gasteiger partial charge in [0.15, 0.2) is 0 Å². The molecule has 0 N–H and O–H groups in total. The smallest absolute Gasteiger partial charge is 0.419 e. The molecule has 0 fully saturated rings. The number of rotatable bonds is 4. The third-order valence-electron chi connectivity index (χ3n) is 1.97. The van der Waals surface area contributed by atoms with Gasteiger partial charge in [0.2, 0.25) is 0 Å². The van der Waals surface area contributed by atoms with E-state index in [4.69, 9.17) is 4.74 Å². The number of hydrogen-bond donors (Lipinski definition) is 0. The summed E-state index contributed by atoms with van der Waals surface area (Å²) in [6.45, 7) is 1.75. The largest absolute Gasteiger partial charge is 0.493 e. The number of hydrogen-bond acceptors (Lipinski definition) is 2. The molecule has 0 spiro atoms. The average Bonchev–Trinajstić information content (AvgIpc) is 2.17. The third-order valence-corrected chi connectivity index (χ3v) is 1.97. The summed E-state index contributed by atoms with van der Waals surface area (Å²) in [6.07, 6.45) is -3.72. The van der Waals surface area contributed by atoms with Crippen molar-refractivity contribution in [2.45, 2.75) is 19.5 Å². The maximum absolute atomic E-state index is 12.5. The number of halogens is 3. The molecule has 1 aromatic rings. The minimum Gasteiger partial charge on any atom is -0.493 e. The molecule has 0 aliphatic carbocycles. The van der Waals surface area contributed by atoms with Gasteiger partial charge in [0.25, 0.3) is 0 Å². The van der Waals surface area contributed by atoms with E-state index in [1.807, 2.05) is 0 Å². The lowest BCUT2D eigenvalue weighted by Crippen LogP contribution is -2.09. The van der Waals surface area contributed by atoms with Crippen molar-refractivity contribution in [1.29, 1.82) is 0 Å². The summed E-state index contributed by atoms with van der Waals surface area (Å²) in [6, 6.07) is 3.46. The molecule has 0 aromatic heterocycles. The molecule has 0 heterocycles. The molecule has 0 aliphatic rings. The highest BCUT2D eigenvalue weighted by atomic mass is 19.4. The fraction of sp³-hybridized carbons (Fsp3) is 0.364. The van der Waals surface area contributed by atoms with Crippen LogP contribution in [0.25, 0.3) is 0 Å². The molecule has 16 heavy (non-hydrogen) atoms. The summed E-state index contributed by atoms with van der Waals surface area (Å²) >= 11 is 0. The van der Waals surface area contributed by atoms with E-state index in [1.165, 1.54) is 12.1 Å². The van der Waals surface area contributed by atoms with Crippen LogP contribution in [0.3, 0.4) is 0 Å². The molecule has 0 aliphatic heterocycles. The molecule has 1 aromatic carbocycles. The number of ether oxygens (including phenoxy) is 1. The fourth-order valence-electron chi connectivity index (χ4n) is 1.30. The van der Waals surface area contributed by atoms with Crippen LogP contribution in [-0.4, -0.2) is 12.9 Å². The van der Waals surface area contributed by atoms with E-state index in [1.54, 1.807) is 6.92 Å². The van der Waals surface area contributed by atoms with E-state index in [-0.39, 0.29) is 18.8 Å². The molecule has 0 bridgehead atoms. The van der Waals surface area contributed by atoms with Crippen LogP contribution in [0.1, 0.15) is 18.1 Å². The Labute approximate surface area is 91.0 Å². The summed E-state index contributed by atoms with van der Waals surface area (Å²) in [5.74, 6) is -0.227. The quantitative estimate of drug-likeness (QED) is 0.746. The number of aldehydes is 1. The molecule has 5 heteroatoms. The fourth-order valence-corrected chi connectivity index (χ4v) is 1.30. The van der Waals surface area contributed by atoms with Gasteiger partial charge in [0.05, 0.1) is 12.2 Å². The SMILES string of the molecule is CCOc1cc(CC=O)ccc1C(F)(F)F. The molecule has 0 saturated carbocycles. The zero-order chi connectivity index (χ0) is 12.2. The maximum Gasteiger partial charge on any atom is 0.419 e. The molecule has 2 nitrogen and oxygen atoms in total. The molecule has 0 amide bonds. The van der Waals surface area contributed by atoms with Crippen molar-refractivity contribution < 1.29 is 22.7 Å². The highest BCUT2D eigenvalue weighted by Gasteiger charge is 2.34. The molecule has 0 radical (unpaired) electrons. The zero-order valence-corrected chi connectivity index (χ0v) is 8.67. The molecule has 1 rings (SSSR count). The average molecular weight is 232 g/mol. The van der Waals surface area contributed by atoms with E-state index in [9.17, 15) is 18.0 Å². The highest BCUT2D eigenvalue weighted by molar-refractivity contribution is 5.56. The first kappa shape index (κ1) is 12.5. The standard InChI is InChI=1S/C11H11F3O2/c1-2-16-10-7-8(5-6-15)3-4-9(10)11(12,13)14/h3-4,6-7H,2,5H2,1H3. The van der Waals surface area contributed by atoms with Crippen molar-refractivity contribution in [3.05, 3.63) is 29.3 Å². The topological polar surface area (TPSA) is 26.3 Å². The van der Waals surface area contributed by atoms with Crippen LogP contribution in [0.4, 0.5) is 13.2 Å². The minimum atomic E-state index is -4.44. The number of carbonyl (C=O) groups excluding carboxylic acids is 1. The molecule has 0 saturated heterocycles. The van der Waals surface area contributed by atoms with Crippen LogP contribution in [0.15, 0.2) is 18.2 Å². The van der Waals surface area contributed by atoms with Crippen molar-refractivity contribution >= 4 is 6.29 Å². The van der Waals surface area contributed by atoms with Gasteiger partial charge in [-0.3, -0.25) is 0 Å². The van der Waals surface area contributed by atoms with E-state index >= 15 is 0 Å². The third kappa shape index (κ3) is 2.98. The normalized spacial score (nSPS) is 11.2. The monoisotopic (exact) mass is 232 g/mol. The summed E-state index contributed by atoms with van der Waals surface area (Å²) < 4.78 is 42.5. The van der Waals surface area contributed by atoms with Gasteiger partial charge in [-0.2, -0.15) is 13.2 Å². The summed E-state index contributed by atoms with van der Waals surface area (Å²) in [5.41, 5.74) is -0.310. The molecule has 0 unspecified atom stereocenters. The Morgan fingerprint density at radius 2 is 2.06 bits per heavy atom. The lowest BCUT2D eigenvalue weighted by atomic mass is 10.1. The Hall–Kier alpha value is -1.52. The first-order valence-electron chi connectivity index (χ1n) is 4.75. The van der Waals surface area contributed by atoms with Crippen molar-refractivity contribution in [2.24, 2.45) is 0 Å². The molecular formula is C11H11F3O2. The Balaban J connectivity index is 3.13. The summed E-state index contributed by atoms with van der Waals surface area (Å²) in [5, 5.41) is 0.